The van der Waals surface area contributed by atoms with Gasteiger partial charge in [0.2, 0.25) is 5.91 Å². The molecule has 0 aromatic heterocycles. The van der Waals surface area contributed by atoms with Gasteiger partial charge in [-0.1, -0.05) is 6.92 Å². The van der Waals surface area contributed by atoms with Crippen LogP contribution in [0.5, 0.6) is 5.75 Å². The molecule has 1 aromatic rings. The standard InChI is InChI=1S/C11H14ClNO2/c1-3-8-4-9(13-11(14)7-12)6-10(5-8)15-2/h4-6H,3,7H2,1-2H3,(H,13,14). The van der Waals surface area contributed by atoms with E-state index in [1.807, 2.05) is 19.1 Å². The van der Waals surface area contributed by atoms with Crippen LogP contribution in [0.1, 0.15) is 12.5 Å². The Kier molecular flexibility index (Phi) is 4.43. The summed E-state index contributed by atoms with van der Waals surface area (Å²) >= 11 is 5.41. The maximum atomic E-state index is 11.1. The Morgan fingerprint density at radius 2 is 2.20 bits per heavy atom. The SMILES string of the molecule is CCc1cc(NC(=O)CCl)cc(OC)c1. The number of nitrogens with one attached hydrogen (secondary N) is 1. The molecule has 0 unspecified atom stereocenters. The molecule has 1 N–H and O–H groups in total. The van der Waals surface area contributed by atoms with E-state index in [1.165, 1.54) is 0 Å². The van der Waals surface area contributed by atoms with Crippen molar-refractivity contribution in [1.82, 2.24) is 0 Å². The first-order valence-corrected chi connectivity index (χ1v) is 5.26. The molecular formula is C11H14ClNO2. The number of carbonyl (C=O) groups excluding carboxylic acids is 1. The van der Waals surface area contributed by atoms with Crippen LogP contribution in [-0.2, 0) is 11.2 Å². The summed E-state index contributed by atoms with van der Waals surface area (Å²) in [6, 6.07) is 5.62. The second-order valence-corrected chi connectivity index (χ2v) is 3.37. The number of carbonyl (C=O) groups is 1. The number of aryl methyl sites for hydroxylation is 1. The fourth-order valence-corrected chi connectivity index (χ4v) is 1.32. The summed E-state index contributed by atoms with van der Waals surface area (Å²) < 4.78 is 5.13. The van der Waals surface area contributed by atoms with Crippen molar-refractivity contribution < 1.29 is 9.53 Å². The molecular weight excluding hydrogens is 214 g/mol. The van der Waals surface area contributed by atoms with Crippen LogP contribution >= 0.6 is 11.6 Å². The number of rotatable bonds is 4. The second kappa shape index (κ2) is 5.61. The minimum atomic E-state index is -0.216. The van der Waals surface area contributed by atoms with E-state index < -0.39 is 0 Å². The average molecular weight is 228 g/mol. The summed E-state index contributed by atoms with van der Waals surface area (Å²) in [6.07, 6.45) is 0.890. The van der Waals surface area contributed by atoms with Gasteiger partial charge in [-0.15, -0.1) is 11.6 Å². The summed E-state index contributed by atoms with van der Waals surface area (Å²) in [5.74, 6) is 0.477. The maximum absolute atomic E-state index is 11.1. The first-order valence-electron chi connectivity index (χ1n) is 4.73. The molecule has 0 aliphatic heterocycles. The highest BCUT2D eigenvalue weighted by Crippen LogP contribution is 2.21. The number of hydrogen-bond acceptors (Lipinski definition) is 2. The zero-order chi connectivity index (χ0) is 11.3. The van der Waals surface area contributed by atoms with E-state index in [9.17, 15) is 4.79 Å². The fraction of sp³-hybridized carbons (Fsp3) is 0.364. The Morgan fingerprint density at radius 1 is 1.47 bits per heavy atom. The molecule has 0 aliphatic rings. The number of amides is 1. The summed E-state index contributed by atoms with van der Waals surface area (Å²) in [5.41, 5.74) is 1.83. The third-order valence-electron chi connectivity index (χ3n) is 2.02. The molecule has 0 fully saturated rings. The molecule has 0 heterocycles. The summed E-state index contributed by atoms with van der Waals surface area (Å²) in [7, 11) is 1.60. The van der Waals surface area contributed by atoms with E-state index in [2.05, 4.69) is 5.32 Å². The van der Waals surface area contributed by atoms with E-state index in [4.69, 9.17) is 16.3 Å². The molecule has 1 aromatic carbocycles. The molecule has 0 radical (unpaired) electrons. The van der Waals surface area contributed by atoms with Crippen LogP contribution in [-0.4, -0.2) is 18.9 Å². The normalized spacial score (nSPS) is 9.80. The Labute approximate surface area is 94.4 Å². The topological polar surface area (TPSA) is 38.3 Å². The predicted octanol–water partition coefficient (Wildman–Crippen LogP) is 2.43. The van der Waals surface area contributed by atoms with E-state index in [0.29, 0.717) is 0 Å². The van der Waals surface area contributed by atoms with Gasteiger partial charge in [-0.2, -0.15) is 0 Å². The highest BCUT2D eigenvalue weighted by Gasteiger charge is 2.03. The zero-order valence-electron chi connectivity index (χ0n) is 8.84. The lowest BCUT2D eigenvalue weighted by Gasteiger charge is -2.08. The smallest absolute Gasteiger partial charge is 0.239 e. The van der Waals surface area contributed by atoms with Crippen LogP contribution in [0.4, 0.5) is 5.69 Å². The van der Waals surface area contributed by atoms with Gasteiger partial charge in [0.1, 0.15) is 11.6 Å². The van der Waals surface area contributed by atoms with Crippen molar-refractivity contribution in [2.24, 2.45) is 0 Å². The molecule has 4 heteroatoms. The first kappa shape index (κ1) is 11.9. The van der Waals surface area contributed by atoms with Crippen molar-refractivity contribution >= 4 is 23.2 Å². The summed E-state index contributed by atoms with van der Waals surface area (Å²) in [5, 5.41) is 2.69. The van der Waals surface area contributed by atoms with E-state index in [-0.39, 0.29) is 11.8 Å². The van der Waals surface area contributed by atoms with Crippen LogP contribution in [0.3, 0.4) is 0 Å². The lowest BCUT2D eigenvalue weighted by molar-refractivity contribution is -0.113. The van der Waals surface area contributed by atoms with Gasteiger partial charge in [0.05, 0.1) is 7.11 Å². The van der Waals surface area contributed by atoms with Crippen LogP contribution in [0.25, 0.3) is 0 Å². The second-order valence-electron chi connectivity index (χ2n) is 3.11. The number of methoxy groups -OCH3 is 1. The third kappa shape index (κ3) is 3.44. The molecule has 3 nitrogen and oxygen atoms in total. The third-order valence-corrected chi connectivity index (χ3v) is 2.26. The van der Waals surface area contributed by atoms with Gasteiger partial charge in [0, 0.05) is 11.8 Å². The Morgan fingerprint density at radius 3 is 2.73 bits per heavy atom. The Balaban J connectivity index is 2.91. The number of alkyl halides is 1. The first-order chi connectivity index (χ1) is 7.19. The van der Waals surface area contributed by atoms with Gasteiger partial charge in [0.25, 0.3) is 0 Å². The number of anilines is 1. The molecule has 0 saturated heterocycles. The van der Waals surface area contributed by atoms with Gasteiger partial charge < -0.3 is 10.1 Å². The highest BCUT2D eigenvalue weighted by atomic mass is 35.5. The Hall–Kier alpha value is -1.22. The van der Waals surface area contributed by atoms with E-state index in [0.717, 1.165) is 23.4 Å². The lowest BCUT2D eigenvalue weighted by atomic mass is 10.1. The van der Waals surface area contributed by atoms with Crippen molar-refractivity contribution in [3.8, 4) is 5.75 Å². The average Bonchev–Trinajstić information content (AvgIpc) is 2.28. The summed E-state index contributed by atoms with van der Waals surface area (Å²) in [6.45, 7) is 2.04. The molecule has 0 atom stereocenters. The number of halogens is 1. The zero-order valence-corrected chi connectivity index (χ0v) is 9.60. The van der Waals surface area contributed by atoms with Crippen molar-refractivity contribution in [2.45, 2.75) is 13.3 Å². The lowest BCUT2D eigenvalue weighted by Crippen LogP contribution is -2.12. The van der Waals surface area contributed by atoms with E-state index >= 15 is 0 Å². The van der Waals surface area contributed by atoms with Crippen molar-refractivity contribution in [2.75, 3.05) is 18.3 Å². The monoisotopic (exact) mass is 227 g/mol. The van der Waals surface area contributed by atoms with Crippen molar-refractivity contribution in [3.63, 3.8) is 0 Å². The quantitative estimate of drug-likeness (QED) is 0.803. The van der Waals surface area contributed by atoms with Crippen molar-refractivity contribution in [3.05, 3.63) is 23.8 Å². The molecule has 15 heavy (non-hydrogen) atoms. The predicted molar refractivity (Wildman–Crippen MR) is 61.7 cm³/mol. The Bertz CT molecular complexity index is 330. The molecule has 1 rings (SSSR count). The molecule has 0 saturated carbocycles. The van der Waals surface area contributed by atoms with Crippen LogP contribution in [0, 0.1) is 0 Å². The number of benzene rings is 1. The highest BCUT2D eigenvalue weighted by molar-refractivity contribution is 6.29. The van der Waals surface area contributed by atoms with Crippen molar-refractivity contribution in [1.29, 1.82) is 0 Å². The number of hydrogen-bond donors (Lipinski definition) is 1. The number of ether oxygens (including phenoxy) is 1. The van der Waals surface area contributed by atoms with E-state index in [1.54, 1.807) is 13.2 Å². The molecule has 0 aliphatic carbocycles. The molecule has 82 valence electrons. The van der Waals surface area contributed by atoms with Gasteiger partial charge in [0.15, 0.2) is 0 Å². The van der Waals surface area contributed by atoms with Gasteiger partial charge in [-0.05, 0) is 24.1 Å². The van der Waals surface area contributed by atoms with Gasteiger partial charge in [-0.3, -0.25) is 4.79 Å². The maximum Gasteiger partial charge on any atom is 0.239 e. The summed E-state index contributed by atoms with van der Waals surface area (Å²) in [4.78, 5) is 11.1. The minimum absolute atomic E-state index is 0.0430. The van der Waals surface area contributed by atoms with Crippen LogP contribution in [0.15, 0.2) is 18.2 Å². The molecule has 1 amide bonds. The van der Waals surface area contributed by atoms with Gasteiger partial charge >= 0.3 is 0 Å². The largest absolute Gasteiger partial charge is 0.497 e. The molecule has 0 bridgehead atoms. The van der Waals surface area contributed by atoms with Gasteiger partial charge in [-0.25, -0.2) is 0 Å². The minimum Gasteiger partial charge on any atom is -0.497 e. The molecule has 0 spiro atoms. The van der Waals surface area contributed by atoms with Crippen LogP contribution in [0.2, 0.25) is 0 Å². The van der Waals surface area contributed by atoms with Crippen LogP contribution < -0.4 is 10.1 Å². The fourth-order valence-electron chi connectivity index (χ4n) is 1.25.